The third-order valence-electron chi connectivity index (χ3n) is 7.80. The maximum absolute atomic E-state index is 15.0. The summed E-state index contributed by atoms with van der Waals surface area (Å²) in [5, 5.41) is 5.92. The Morgan fingerprint density at radius 2 is 1.09 bits per heavy atom. The van der Waals surface area contributed by atoms with E-state index in [1.165, 1.54) is 0 Å². The predicted octanol–water partition coefficient (Wildman–Crippen LogP) is 5.57. The Morgan fingerprint density at radius 3 is 1.51 bits per heavy atom. The first-order valence-corrected chi connectivity index (χ1v) is 12.7. The van der Waals surface area contributed by atoms with E-state index in [-0.39, 0.29) is 6.61 Å². The molecule has 0 saturated heterocycles. The molecule has 0 amide bonds. The van der Waals surface area contributed by atoms with Crippen LogP contribution in [0.3, 0.4) is 0 Å². The van der Waals surface area contributed by atoms with Crippen molar-refractivity contribution < 1.29 is 95.2 Å². The summed E-state index contributed by atoms with van der Waals surface area (Å²) in [6.45, 7) is -2.21. The summed E-state index contributed by atoms with van der Waals surface area (Å²) in [4.78, 5) is 24.0. The monoisotopic (exact) mass is 681 g/mol. The maximum atomic E-state index is 15.0. The summed E-state index contributed by atoms with van der Waals surface area (Å²) >= 11 is -2.24. The van der Waals surface area contributed by atoms with Crippen LogP contribution in [0.2, 0.25) is 0 Å². The molecule has 0 aliphatic heterocycles. The smallest absolute Gasteiger partial charge is 0.460 e. The Balaban J connectivity index is 1.78. The molecule has 1 atom stereocenters. The zero-order valence-corrected chi connectivity index (χ0v) is 21.8. The van der Waals surface area contributed by atoms with Crippen LogP contribution in [-0.2, 0) is 28.4 Å². The first-order valence-electron chi connectivity index (χ1n) is 11.9. The molecule has 0 heterocycles. The van der Waals surface area contributed by atoms with Gasteiger partial charge in [-0.25, -0.2) is 14.0 Å². The lowest BCUT2D eigenvalue weighted by Gasteiger charge is -2.56. The quantitative estimate of drug-likeness (QED) is 0.0820. The van der Waals surface area contributed by atoms with E-state index in [1.807, 2.05) is 0 Å². The molecule has 4 aliphatic carbocycles. The van der Waals surface area contributed by atoms with E-state index in [4.69, 9.17) is 4.74 Å². The summed E-state index contributed by atoms with van der Waals surface area (Å²) in [5.41, 5.74) is -0.502. The third kappa shape index (κ3) is 5.72. The molecule has 43 heavy (non-hydrogen) atoms. The van der Waals surface area contributed by atoms with Crippen LogP contribution >= 0.6 is 12.0 Å². The number of ether oxygens (including phenoxy) is 2. The van der Waals surface area contributed by atoms with E-state index >= 15 is 4.39 Å². The lowest BCUT2D eigenvalue weighted by Crippen LogP contribution is -2.73. The zero-order valence-electron chi connectivity index (χ0n) is 20.9. The van der Waals surface area contributed by atoms with Gasteiger partial charge in [0.2, 0.25) is 0 Å². The number of rotatable bonds is 13. The van der Waals surface area contributed by atoms with Crippen LogP contribution in [0.4, 0.5) is 61.5 Å². The summed E-state index contributed by atoms with van der Waals surface area (Å²) in [6.07, 6.45) is -2.97. The number of carbonyl (C=O) groups excluding carboxylic acids is 2. The summed E-state index contributed by atoms with van der Waals surface area (Å²) in [7, 11) is 0. The van der Waals surface area contributed by atoms with Gasteiger partial charge in [0.1, 0.15) is 0 Å². The molecule has 4 rings (SSSR count). The van der Waals surface area contributed by atoms with Gasteiger partial charge >= 0.3 is 52.7 Å². The number of esters is 2. The van der Waals surface area contributed by atoms with Gasteiger partial charge in [0, 0.05) is 5.41 Å². The molecule has 0 aromatic rings. The van der Waals surface area contributed by atoms with Crippen molar-refractivity contribution in [1.82, 2.24) is 0 Å². The average Bonchev–Trinajstić information content (AvgIpc) is 2.87. The van der Waals surface area contributed by atoms with Crippen molar-refractivity contribution in [3.8, 4) is 0 Å². The van der Waals surface area contributed by atoms with Crippen LogP contribution in [0.1, 0.15) is 38.5 Å². The van der Waals surface area contributed by atoms with Crippen molar-refractivity contribution in [2.75, 3.05) is 13.2 Å². The molecule has 0 aromatic heterocycles. The lowest BCUT2D eigenvalue weighted by atomic mass is 9.50. The van der Waals surface area contributed by atoms with Crippen LogP contribution < -0.4 is 5.26 Å². The third-order valence-corrected chi connectivity index (χ3v) is 8.58. The molecular formula is C21H19F14O7S-. The molecular weight excluding hydrogens is 662 g/mol. The van der Waals surface area contributed by atoms with E-state index in [1.54, 1.807) is 0 Å². The second kappa shape index (κ2) is 11.2. The van der Waals surface area contributed by atoms with Gasteiger partial charge < -0.3 is 14.7 Å². The van der Waals surface area contributed by atoms with E-state index in [9.17, 15) is 71.9 Å². The number of carbonyl (C=O) groups is 2. The number of hydrogen-bond donors (Lipinski definition) is 0. The van der Waals surface area contributed by atoms with Crippen molar-refractivity contribution in [3.05, 3.63) is 0 Å². The van der Waals surface area contributed by atoms with E-state index in [0.717, 1.165) is 19.3 Å². The Kier molecular flexibility index (Phi) is 9.30. The van der Waals surface area contributed by atoms with Gasteiger partial charge in [-0.15, -0.1) is 0 Å². The molecule has 4 saturated carbocycles. The second-order valence-electron chi connectivity index (χ2n) is 10.8. The van der Waals surface area contributed by atoms with E-state index < -0.39 is 76.8 Å². The fourth-order valence-electron chi connectivity index (χ4n) is 6.21. The number of alkyl halides is 14. The van der Waals surface area contributed by atoms with Gasteiger partial charge in [-0.3, -0.25) is 5.04 Å². The average molecular weight is 681 g/mol. The molecule has 250 valence electrons. The Hall–Kier alpha value is -1.81. The molecule has 4 aliphatic rings. The molecule has 1 unspecified atom stereocenters. The van der Waals surface area contributed by atoms with E-state index in [2.05, 4.69) is 14.1 Å². The van der Waals surface area contributed by atoms with Crippen LogP contribution in [0, 0.1) is 23.2 Å². The molecule has 0 N–H and O–H groups in total. The first kappa shape index (κ1) is 35.7. The minimum atomic E-state index is -8.48. The molecule has 4 bridgehead atoms. The summed E-state index contributed by atoms with van der Waals surface area (Å²) in [5.74, 6) is -45.2. The molecule has 0 radical (unpaired) electrons. The lowest BCUT2D eigenvalue weighted by molar-refractivity contribution is -0.777. The van der Waals surface area contributed by atoms with Crippen LogP contribution in [0.5, 0.6) is 0 Å². The van der Waals surface area contributed by atoms with Crippen LogP contribution in [-0.4, -0.2) is 65.9 Å². The number of hydrogen-bond acceptors (Lipinski definition) is 8. The number of halogens is 14. The summed E-state index contributed by atoms with van der Waals surface area (Å²) < 4.78 is 201. The van der Waals surface area contributed by atoms with Crippen molar-refractivity contribution in [1.29, 1.82) is 0 Å². The second-order valence-corrected chi connectivity index (χ2v) is 11.7. The van der Waals surface area contributed by atoms with Gasteiger partial charge in [0.05, 0.1) is 18.6 Å². The molecule has 0 spiro atoms. The molecule has 4 fully saturated rings. The Bertz CT molecular complexity index is 1030. The fraction of sp³-hybridized carbons (Fsp3) is 0.905. The minimum absolute atomic E-state index is 0.307. The highest BCUT2D eigenvalue weighted by atomic mass is 32.2. The van der Waals surface area contributed by atoms with Crippen molar-refractivity contribution in [2.45, 2.75) is 79.3 Å². The highest BCUT2D eigenvalue weighted by molar-refractivity contribution is 7.96. The van der Waals surface area contributed by atoms with Gasteiger partial charge in [-0.05, 0) is 56.3 Å². The fourth-order valence-corrected chi connectivity index (χ4v) is 6.69. The Morgan fingerprint density at radius 1 is 0.674 bits per heavy atom. The van der Waals surface area contributed by atoms with E-state index in [0.29, 0.717) is 37.0 Å². The predicted molar refractivity (Wildman–Crippen MR) is 107 cm³/mol. The molecule has 0 aromatic carbocycles. The van der Waals surface area contributed by atoms with Crippen molar-refractivity contribution in [2.24, 2.45) is 23.2 Å². The highest BCUT2D eigenvalue weighted by Crippen LogP contribution is 2.64. The van der Waals surface area contributed by atoms with Gasteiger partial charge in [-0.2, -0.15) is 61.4 Å². The summed E-state index contributed by atoms with van der Waals surface area (Å²) in [6, 6.07) is 0. The Labute approximate surface area is 235 Å². The standard InChI is InChI=1S/C21H20F14O7S/c22-15(43-42-41-38,16(23,24)17(25,26)18(27,28)19(29,30)20(31,32)21(33,34)35)13(37)39-7-12(36)40-8-14-4-9-1-10(5-14)3-11(2-9)6-14/h9-11,38H,1-8H2/p-1. The SMILES string of the molecule is O=C(COC(=O)C(F)(SOO[O-])C(F)(F)C(F)(F)C(F)(F)C(F)(F)C(F)(F)C(F)(F)F)OCC12CC3CC(CC(C3)C1)C2. The van der Waals surface area contributed by atoms with Gasteiger partial charge in [-0.1, -0.05) is 0 Å². The zero-order chi connectivity index (χ0) is 33.1. The van der Waals surface area contributed by atoms with Gasteiger partial charge in [0.15, 0.2) is 6.61 Å². The first-order chi connectivity index (χ1) is 19.3. The van der Waals surface area contributed by atoms with Crippen LogP contribution in [0.25, 0.3) is 0 Å². The minimum Gasteiger partial charge on any atom is -0.691 e. The molecule has 22 heteroatoms. The topological polar surface area (TPSA) is 94.1 Å². The molecule has 7 nitrogen and oxygen atoms in total. The van der Waals surface area contributed by atoms with Crippen LogP contribution in [0.15, 0.2) is 0 Å². The maximum Gasteiger partial charge on any atom is 0.460 e. The largest absolute Gasteiger partial charge is 0.691 e. The normalized spacial score (nSPS) is 28.0. The van der Waals surface area contributed by atoms with Crippen molar-refractivity contribution in [3.63, 3.8) is 0 Å². The van der Waals surface area contributed by atoms with Crippen molar-refractivity contribution >= 4 is 24.0 Å². The van der Waals surface area contributed by atoms with Gasteiger partial charge in [0.25, 0.3) is 0 Å². The highest BCUT2D eigenvalue weighted by Gasteiger charge is 2.94.